The van der Waals surface area contributed by atoms with Gasteiger partial charge in [-0.25, -0.2) is 0 Å². The van der Waals surface area contributed by atoms with Crippen molar-refractivity contribution in [3.63, 3.8) is 0 Å². The predicted molar refractivity (Wildman–Crippen MR) is 82.4 cm³/mol. The largest absolute Gasteiger partial charge is 0.365 e. The topological polar surface area (TPSA) is 111 Å². The maximum atomic E-state index is 11.0. The molecule has 0 spiro atoms. The molecule has 0 atom stereocenters. The summed E-state index contributed by atoms with van der Waals surface area (Å²) in [7, 11) is 0. The zero-order chi connectivity index (χ0) is 14.5. The van der Waals surface area contributed by atoms with Crippen LogP contribution in [0.5, 0.6) is 0 Å². The third kappa shape index (κ3) is 4.57. The Kier molecular flexibility index (Phi) is 6.38. The highest BCUT2D eigenvalue weighted by Gasteiger charge is 2.21. The Hall–Kier alpha value is -1.87. The van der Waals surface area contributed by atoms with Crippen LogP contribution in [0.1, 0.15) is 12.8 Å². The summed E-state index contributed by atoms with van der Waals surface area (Å²) in [4.78, 5) is 25.0. The first kappa shape index (κ1) is 17.2. The molecule has 21 heavy (non-hydrogen) atoms. The number of nitro benzene ring substituents is 2. The van der Waals surface area contributed by atoms with Crippen LogP contribution in [0.4, 0.5) is 11.4 Å². The fourth-order valence-corrected chi connectivity index (χ4v) is 2.60. The van der Waals surface area contributed by atoms with E-state index in [4.69, 9.17) is 0 Å². The number of nitrogens with one attached hydrogen (secondary N) is 1. The van der Waals surface area contributed by atoms with Gasteiger partial charge >= 0.3 is 0 Å². The zero-order valence-electron chi connectivity index (χ0n) is 10.9. The summed E-state index contributed by atoms with van der Waals surface area (Å²) in [5.74, 6) is 0. The van der Waals surface area contributed by atoms with E-state index >= 15 is 0 Å². The zero-order valence-corrected chi connectivity index (χ0v) is 12.5. The molecule has 2 rings (SSSR count). The van der Waals surface area contributed by atoms with Crippen LogP contribution in [0.2, 0.25) is 0 Å². The predicted octanol–water partition coefficient (Wildman–Crippen LogP) is 2.76. The molecular weight excluding hydrogens is 320 g/mol. The summed E-state index contributed by atoms with van der Waals surface area (Å²) in [5.41, 5.74) is -0.574. The van der Waals surface area contributed by atoms with Gasteiger partial charge in [0, 0.05) is 19.2 Å². The van der Waals surface area contributed by atoms with Gasteiger partial charge in [-0.1, -0.05) is 0 Å². The van der Waals surface area contributed by atoms with Gasteiger partial charge in [0.15, 0.2) is 5.17 Å². The number of amidine groups is 1. The summed E-state index contributed by atoms with van der Waals surface area (Å²) in [6.07, 6.45) is 1.97. The highest BCUT2D eigenvalue weighted by Crippen LogP contribution is 2.33. The van der Waals surface area contributed by atoms with E-state index in [1.165, 1.54) is 12.1 Å². The molecule has 0 saturated heterocycles. The number of hydrogen-bond acceptors (Lipinski definition) is 7. The Morgan fingerprint density at radius 1 is 1.19 bits per heavy atom. The number of halogens is 1. The van der Waals surface area contributed by atoms with Crippen molar-refractivity contribution in [3.8, 4) is 0 Å². The summed E-state index contributed by atoms with van der Waals surface area (Å²) in [6.45, 7) is 1.45. The van der Waals surface area contributed by atoms with Gasteiger partial charge in [0.1, 0.15) is 0 Å². The number of hydrogen-bond donors (Lipinski definition) is 1. The van der Waals surface area contributed by atoms with Gasteiger partial charge in [0.25, 0.3) is 11.4 Å². The minimum absolute atomic E-state index is 0. The Bertz CT molecular complexity index is 581. The molecule has 1 aliphatic heterocycles. The Labute approximate surface area is 130 Å². The van der Waals surface area contributed by atoms with Crippen molar-refractivity contribution in [1.29, 1.82) is 0 Å². The summed E-state index contributed by atoms with van der Waals surface area (Å²) in [6, 6.07) is 3.61. The van der Waals surface area contributed by atoms with Crippen LogP contribution in [0.15, 0.2) is 28.1 Å². The van der Waals surface area contributed by atoms with E-state index in [1.54, 1.807) is 0 Å². The monoisotopic (exact) mass is 332 g/mol. The van der Waals surface area contributed by atoms with E-state index < -0.39 is 9.85 Å². The van der Waals surface area contributed by atoms with E-state index in [0.29, 0.717) is 16.6 Å². The van der Waals surface area contributed by atoms with Crippen molar-refractivity contribution in [2.24, 2.45) is 4.99 Å². The van der Waals surface area contributed by atoms with Crippen LogP contribution in [0, 0.1) is 20.2 Å². The Balaban J connectivity index is 0.00000220. The fraction of sp³-hybridized carbons (Fsp3) is 0.364. The van der Waals surface area contributed by atoms with Crippen LogP contribution >= 0.6 is 24.2 Å². The molecule has 0 fully saturated rings. The molecular formula is C11H13ClN4O4S. The van der Waals surface area contributed by atoms with Crippen molar-refractivity contribution in [3.05, 3.63) is 38.4 Å². The maximum Gasteiger partial charge on any atom is 0.290 e. The van der Waals surface area contributed by atoms with Crippen molar-refractivity contribution in [1.82, 2.24) is 5.32 Å². The van der Waals surface area contributed by atoms with E-state index in [0.717, 1.165) is 37.2 Å². The highest BCUT2D eigenvalue weighted by atomic mass is 35.5. The molecule has 1 aromatic rings. The van der Waals surface area contributed by atoms with Crippen molar-refractivity contribution in [2.45, 2.75) is 17.7 Å². The van der Waals surface area contributed by atoms with Crippen LogP contribution in [0.3, 0.4) is 0 Å². The minimum atomic E-state index is -0.650. The van der Waals surface area contributed by atoms with E-state index in [1.807, 2.05) is 0 Å². The molecule has 8 nitrogen and oxygen atoms in total. The molecule has 1 heterocycles. The second-order valence-corrected chi connectivity index (χ2v) is 5.12. The smallest absolute Gasteiger partial charge is 0.290 e. The third-order valence-corrected chi connectivity index (χ3v) is 3.71. The second kappa shape index (κ2) is 7.79. The van der Waals surface area contributed by atoms with Gasteiger partial charge in [0.05, 0.1) is 20.8 Å². The average molecular weight is 333 g/mol. The fourth-order valence-electron chi connectivity index (χ4n) is 1.69. The number of thioether (sulfide) groups is 1. The molecule has 0 aliphatic carbocycles. The number of non-ortho nitro benzene ring substituents is 1. The van der Waals surface area contributed by atoms with Gasteiger partial charge in [-0.2, -0.15) is 0 Å². The van der Waals surface area contributed by atoms with E-state index in [-0.39, 0.29) is 23.8 Å². The van der Waals surface area contributed by atoms with Crippen LogP contribution in [-0.4, -0.2) is 28.1 Å². The Morgan fingerprint density at radius 2 is 1.95 bits per heavy atom. The number of nitro groups is 2. The van der Waals surface area contributed by atoms with Crippen LogP contribution < -0.4 is 5.32 Å². The lowest BCUT2D eigenvalue weighted by atomic mass is 10.3. The standard InChI is InChI=1S/C11H12N4O4S.ClH/c16-14(17)8-3-4-10(9(7-8)15(18)19)20-11-12-5-1-2-6-13-11;/h3-4,7H,1-2,5-6H2,(H,12,13);1H. The molecule has 0 bridgehead atoms. The van der Waals surface area contributed by atoms with E-state index in [9.17, 15) is 20.2 Å². The molecule has 1 aliphatic rings. The SMILES string of the molecule is Cl.O=[N+]([O-])c1ccc(SC2=NCCCCN2)c([N+](=O)[O-])c1. The molecule has 0 unspecified atom stereocenters. The summed E-state index contributed by atoms with van der Waals surface area (Å²) >= 11 is 1.13. The number of aliphatic imine (C=N–C) groups is 1. The van der Waals surface area contributed by atoms with Crippen molar-refractivity contribution < 1.29 is 9.85 Å². The maximum absolute atomic E-state index is 11.0. The van der Waals surface area contributed by atoms with Gasteiger partial charge in [0.2, 0.25) is 0 Å². The first-order valence-electron chi connectivity index (χ1n) is 5.97. The molecule has 0 amide bonds. The molecule has 1 aromatic carbocycles. The van der Waals surface area contributed by atoms with Crippen molar-refractivity contribution in [2.75, 3.05) is 13.1 Å². The lowest BCUT2D eigenvalue weighted by Crippen LogP contribution is -2.19. The van der Waals surface area contributed by atoms with Gasteiger partial charge in [-0.05, 0) is 30.7 Å². The lowest BCUT2D eigenvalue weighted by molar-refractivity contribution is -0.396. The lowest BCUT2D eigenvalue weighted by Gasteiger charge is -2.06. The number of nitrogens with zero attached hydrogens (tertiary/aromatic N) is 3. The highest BCUT2D eigenvalue weighted by molar-refractivity contribution is 8.14. The molecule has 0 aromatic heterocycles. The molecule has 1 N–H and O–H groups in total. The van der Waals surface area contributed by atoms with Gasteiger partial charge in [-0.15, -0.1) is 12.4 Å². The number of rotatable bonds is 3. The minimum Gasteiger partial charge on any atom is -0.365 e. The first-order chi connectivity index (χ1) is 9.58. The van der Waals surface area contributed by atoms with Gasteiger partial charge < -0.3 is 5.32 Å². The molecule has 114 valence electrons. The van der Waals surface area contributed by atoms with Crippen LogP contribution in [-0.2, 0) is 0 Å². The van der Waals surface area contributed by atoms with E-state index in [2.05, 4.69) is 10.3 Å². The Morgan fingerprint density at radius 3 is 2.62 bits per heavy atom. The van der Waals surface area contributed by atoms with Gasteiger partial charge in [-0.3, -0.25) is 25.2 Å². The molecule has 10 heteroatoms. The van der Waals surface area contributed by atoms with Crippen LogP contribution in [0.25, 0.3) is 0 Å². The normalized spacial score (nSPS) is 14.2. The average Bonchev–Trinajstić information content (AvgIpc) is 2.67. The molecule has 0 radical (unpaired) electrons. The molecule has 0 saturated carbocycles. The quantitative estimate of drug-likeness (QED) is 0.673. The summed E-state index contributed by atoms with van der Waals surface area (Å²) in [5, 5.41) is 25.4. The second-order valence-electron chi connectivity index (χ2n) is 4.09. The third-order valence-electron chi connectivity index (χ3n) is 2.67. The first-order valence-corrected chi connectivity index (χ1v) is 6.78. The van der Waals surface area contributed by atoms with Crippen molar-refractivity contribution >= 4 is 40.7 Å². The number of benzene rings is 1. The summed E-state index contributed by atoms with van der Waals surface area (Å²) < 4.78 is 0.